The number of nitrogens with zero attached hydrogens (tertiary/aromatic N) is 2. The third kappa shape index (κ3) is 3.33. The van der Waals surface area contributed by atoms with Crippen LogP contribution in [0, 0.1) is 13.8 Å². The number of hydrogen-bond donors (Lipinski definition) is 2. The summed E-state index contributed by atoms with van der Waals surface area (Å²) in [6, 6.07) is 12.8. The number of aryl methyl sites for hydroxylation is 2. The smallest absolute Gasteiger partial charge is 0.267 e. The maximum absolute atomic E-state index is 12.4. The Morgan fingerprint density at radius 2 is 1.80 bits per heavy atom. The molecule has 126 valence electrons. The van der Waals surface area contributed by atoms with E-state index in [-0.39, 0.29) is 11.3 Å². The van der Waals surface area contributed by atoms with E-state index in [0.29, 0.717) is 16.5 Å². The zero-order valence-corrected chi connectivity index (χ0v) is 14.3. The van der Waals surface area contributed by atoms with Gasteiger partial charge in [-0.15, -0.1) is 0 Å². The highest BCUT2D eigenvalue weighted by Crippen LogP contribution is 2.13. The number of rotatable bonds is 3. The van der Waals surface area contributed by atoms with Crippen LogP contribution in [-0.2, 0) is 0 Å². The Morgan fingerprint density at radius 1 is 1.08 bits per heavy atom. The fourth-order valence-corrected chi connectivity index (χ4v) is 2.51. The number of hydrazone groups is 1. The van der Waals surface area contributed by atoms with Crippen molar-refractivity contribution in [3.8, 4) is 0 Å². The Kier molecular flexibility index (Phi) is 4.43. The highest BCUT2D eigenvalue weighted by Gasteiger charge is 2.13. The van der Waals surface area contributed by atoms with Crippen LogP contribution in [0.25, 0.3) is 10.8 Å². The fourth-order valence-electron chi connectivity index (χ4n) is 2.51. The monoisotopic (exact) mass is 334 g/mol. The second kappa shape index (κ2) is 6.68. The lowest BCUT2D eigenvalue weighted by Crippen LogP contribution is -2.23. The second-order valence-electron chi connectivity index (χ2n) is 5.88. The zero-order chi connectivity index (χ0) is 18.0. The van der Waals surface area contributed by atoms with Crippen LogP contribution in [0.15, 0.2) is 52.4 Å². The largest absolute Gasteiger partial charge is 0.292 e. The molecule has 0 aliphatic carbocycles. The predicted octanol–water partition coefficient (Wildman–Crippen LogP) is 2.69. The summed E-state index contributed by atoms with van der Waals surface area (Å²) in [5.41, 5.74) is 6.28. The molecule has 0 unspecified atom stereocenters. The van der Waals surface area contributed by atoms with Gasteiger partial charge >= 0.3 is 0 Å². The first-order chi connectivity index (χ1) is 12.0. The third-order valence-electron chi connectivity index (χ3n) is 4.16. The Labute approximate surface area is 144 Å². The van der Waals surface area contributed by atoms with E-state index < -0.39 is 5.91 Å². The Bertz CT molecular complexity index is 1050. The van der Waals surface area contributed by atoms with Gasteiger partial charge in [-0.1, -0.05) is 30.3 Å². The van der Waals surface area contributed by atoms with Gasteiger partial charge in [-0.3, -0.25) is 9.59 Å². The molecule has 3 aromatic rings. The Balaban J connectivity index is 1.89. The number of carbonyl (C=O) groups is 1. The van der Waals surface area contributed by atoms with Gasteiger partial charge in [0, 0.05) is 5.39 Å². The standard InChI is InChI=1S/C19H18N4O2/c1-11-8-9-14(10-12(11)2)13(3)20-23-19(25)17-15-6-4-5-7-16(15)18(24)22-21-17/h4-10H,1-3H3,(H,22,24)(H,23,25)/b20-13-. The van der Waals surface area contributed by atoms with Gasteiger partial charge in [0.2, 0.25) is 0 Å². The summed E-state index contributed by atoms with van der Waals surface area (Å²) < 4.78 is 0. The molecule has 0 aliphatic heterocycles. The molecule has 0 radical (unpaired) electrons. The molecular weight excluding hydrogens is 316 g/mol. The first-order valence-electron chi connectivity index (χ1n) is 7.87. The van der Waals surface area contributed by atoms with Crippen LogP contribution in [0.4, 0.5) is 0 Å². The van der Waals surface area contributed by atoms with E-state index in [0.717, 1.165) is 11.1 Å². The number of aromatic nitrogens is 2. The molecule has 0 fully saturated rings. The van der Waals surface area contributed by atoms with Crippen molar-refractivity contribution >= 4 is 22.4 Å². The number of H-pyrrole nitrogens is 1. The zero-order valence-electron chi connectivity index (χ0n) is 14.3. The van der Waals surface area contributed by atoms with E-state index in [2.05, 4.69) is 20.7 Å². The van der Waals surface area contributed by atoms with E-state index in [1.54, 1.807) is 24.3 Å². The van der Waals surface area contributed by atoms with Gasteiger partial charge < -0.3 is 0 Å². The van der Waals surface area contributed by atoms with Crippen molar-refractivity contribution in [1.82, 2.24) is 15.6 Å². The quantitative estimate of drug-likeness (QED) is 0.570. The van der Waals surface area contributed by atoms with Gasteiger partial charge in [0.25, 0.3) is 11.5 Å². The topological polar surface area (TPSA) is 87.2 Å². The van der Waals surface area contributed by atoms with Gasteiger partial charge in [-0.2, -0.15) is 10.2 Å². The summed E-state index contributed by atoms with van der Waals surface area (Å²) in [4.78, 5) is 24.2. The van der Waals surface area contributed by atoms with Crippen molar-refractivity contribution in [2.24, 2.45) is 5.10 Å². The highest BCUT2D eigenvalue weighted by molar-refractivity contribution is 6.06. The van der Waals surface area contributed by atoms with Crippen molar-refractivity contribution < 1.29 is 4.79 Å². The van der Waals surface area contributed by atoms with Gasteiger partial charge in [0.05, 0.1) is 11.1 Å². The molecule has 0 atom stereocenters. The molecule has 0 spiro atoms. The normalized spacial score (nSPS) is 11.6. The highest BCUT2D eigenvalue weighted by atomic mass is 16.2. The lowest BCUT2D eigenvalue weighted by atomic mass is 10.0. The van der Waals surface area contributed by atoms with Crippen LogP contribution in [0.2, 0.25) is 0 Å². The number of carbonyl (C=O) groups excluding carboxylic acids is 1. The van der Waals surface area contributed by atoms with Crippen LogP contribution in [-0.4, -0.2) is 21.8 Å². The first kappa shape index (κ1) is 16.6. The number of nitrogens with one attached hydrogen (secondary N) is 2. The number of hydrogen-bond acceptors (Lipinski definition) is 4. The summed E-state index contributed by atoms with van der Waals surface area (Å²) in [6.07, 6.45) is 0. The summed E-state index contributed by atoms with van der Waals surface area (Å²) >= 11 is 0. The van der Waals surface area contributed by atoms with Crippen molar-refractivity contribution in [3.05, 3.63) is 75.2 Å². The molecule has 6 nitrogen and oxygen atoms in total. The molecule has 25 heavy (non-hydrogen) atoms. The van der Waals surface area contributed by atoms with Crippen molar-refractivity contribution in [2.75, 3.05) is 0 Å². The van der Waals surface area contributed by atoms with Crippen LogP contribution in [0.5, 0.6) is 0 Å². The minimum absolute atomic E-state index is 0.131. The van der Waals surface area contributed by atoms with Crippen LogP contribution in [0.3, 0.4) is 0 Å². The molecular formula is C19H18N4O2. The minimum Gasteiger partial charge on any atom is -0.267 e. The van der Waals surface area contributed by atoms with Gasteiger partial charge in [0.15, 0.2) is 5.69 Å². The molecule has 1 aromatic heterocycles. The fraction of sp³-hybridized carbons (Fsp3) is 0.158. The number of benzene rings is 2. The lowest BCUT2D eigenvalue weighted by molar-refractivity contribution is 0.0950. The summed E-state index contributed by atoms with van der Waals surface area (Å²) in [5, 5.41) is 11.3. The third-order valence-corrected chi connectivity index (χ3v) is 4.16. The Morgan fingerprint density at radius 3 is 2.52 bits per heavy atom. The number of amides is 1. The van der Waals surface area contributed by atoms with E-state index in [1.165, 1.54) is 5.56 Å². The molecule has 6 heteroatoms. The minimum atomic E-state index is -0.476. The van der Waals surface area contributed by atoms with Crippen LogP contribution >= 0.6 is 0 Å². The summed E-state index contributed by atoms with van der Waals surface area (Å²) in [5.74, 6) is -0.476. The molecule has 0 aliphatic rings. The molecule has 1 amide bonds. The first-order valence-corrected chi connectivity index (χ1v) is 7.87. The number of aromatic amines is 1. The maximum Gasteiger partial charge on any atom is 0.292 e. The van der Waals surface area contributed by atoms with Gasteiger partial charge in [0.1, 0.15) is 0 Å². The van der Waals surface area contributed by atoms with E-state index >= 15 is 0 Å². The second-order valence-corrected chi connectivity index (χ2v) is 5.88. The van der Waals surface area contributed by atoms with E-state index in [4.69, 9.17) is 0 Å². The van der Waals surface area contributed by atoms with Crippen molar-refractivity contribution in [1.29, 1.82) is 0 Å². The van der Waals surface area contributed by atoms with Gasteiger partial charge in [-0.05, 0) is 49.6 Å². The van der Waals surface area contributed by atoms with Crippen LogP contribution < -0.4 is 11.0 Å². The van der Waals surface area contributed by atoms with Crippen molar-refractivity contribution in [2.45, 2.75) is 20.8 Å². The summed E-state index contributed by atoms with van der Waals surface area (Å²) in [6.45, 7) is 5.89. The molecule has 1 heterocycles. The van der Waals surface area contributed by atoms with Crippen molar-refractivity contribution in [3.63, 3.8) is 0 Å². The average molecular weight is 334 g/mol. The number of fused-ring (bicyclic) bond motifs is 1. The predicted molar refractivity (Wildman–Crippen MR) is 98.0 cm³/mol. The van der Waals surface area contributed by atoms with Crippen LogP contribution in [0.1, 0.15) is 34.1 Å². The summed E-state index contributed by atoms with van der Waals surface area (Å²) in [7, 11) is 0. The average Bonchev–Trinajstić information content (AvgIpc) is 2.62. The molecule has 0 bridgehead atoms. The van der Waals surface area contributed by atoms with E-state index in [1.807, 2.05) is 39.0 Å². The van der Waals surface area contributed by atoms with E-state index in [9.17, 15) is 9.59 Å². The molecule has 0 saturated carbocycles. The Hall–Kier alpha value is -3.28. The molecule has 2 aromatic carbocycles. The molecule has 3 rings (SSSR count). The SMILES string of the molecule is C/C(=N/NC(=O)c1n[nH]c(=O)c2ccccc12)c1ccc(C)c(C)c1. The molecule has 0 saturated heterocycles. The maximum atomic E-state index is 12.4. The molecule has 2 N–H and O–H groups in total. The van der Waals surface area contributed by atoms with Gasteiger partial charge in [-0.25, -0.2) is 10.5 Å². The lowest BCUT2D eigenvalue weighted by Gasteiger charge is -2.06.